The van der Waals surface area contributed by atoms with Gasteiger partial charge in [-0.1, -0.05) is 29.8 Å². The molecule has 156 valence electrons. The van der Waals surface area contributed by atoms with Gasteiger partial charge in [0.1, 0.15) is 11.9 Å². The summed E-state index contributed by atoms with van der Waals surface area (Å²) in [7, 11) is -4.74. The monoisotopic (exact) mass is 449 g/mol. The van der Waals surface area contributed by atoms with Gasteiger partial charge in [0.25, 0.3) is 0 Å². The molecule has 3 rings (SSSR count). The van der Waals surface area contributed by atoms with Crippen LogP contribution in [0.5, 0.6) is 5.75 Å². The molecular formula is C18H15ClF3NO5S. The van der Waals surface area contributed by atoms with Gasteiger partial charge in [-0.3, -0.25) is 0 Å². The summed E-state index contributed by atoms with van der Waals surface area (Å²) in [5.74, 6) is -1.31. The number of hydrogen-bond acceptors (Lipinski definition) is 5. The first-order valence-corrected chi connectivity index (χ1v) is 10.1. The zero-order valence-electron chi connectivity index (χ0n) is 14.9. The van der Waals surface area contributed by atoms with Crippen LogP contribution in [0.3, 0.4) is 0 Å². The number of halogens is 4. The second kappa shape index (κ2) is 7.51. The minimum absolute atomic E-state index is 0.0928. The van der Waals surface area contributed by atoms with Crippen molar-refractivity contribution in [2.24, 2.45) is 0 Å². The Balaban J connectivity index is 1.94. The maximum atomic E-state index is 14.1. The largest absolute Gasteiger partial charge is 0.459 e. The van der Waals surface area contributed by atoms with Crippen LogP contribution in [0, 0.1) is 0 Å². The molecule has 0 aliphatic carbocycles. The van der Waals surface area contributed by atoms with Crippen LogP contribution >= 0.6 is 11.6 Å². The van der Waals surface area contributed by atoms with Crippen LogP contribution in [0.15, 0.2) is 48.5 Å². The quantitative estimate of drug-likeness (QED) is 0.714. The third kappa shape index (κ3) is 4.34. The van der Waals surface area contributed by atoms with Gasteiger partial charge >= 0.3 is 22.4 Å². The van der Waals surface area contributed by atoms with Crippen molar-refractivity contribution in [3.05, 3.63) is 64.7 Å². The lowest BCUT2D eigenvalue weighted by molar-refractivity contribution is -0.204. The van der Waals surface area contributed by atoms with E-state index in [0.29, 0.717) is 5.02 Å². The summed E-state index contributed by atoms with van der Waals surface area (Å²) in [6, 6.07) is 10.5. The van der Waals surface area contributed by atoms with E-state index in [4.69, 9.17) is 16.3 Å². The highest BCUT2D eigenvalue weighted by molar-refractivity contribution is 7.85. The van der Waals surface area contributed by atoms with E-state index < -0.39 is 51.8 Å². The molecule has 2 atom stereocenters. The normalized spacial score (nSPS) is 21.6. The van der Waals surface area contributed by atoms with E-state index >= 15 is 0 Å². The molecule has 1 N–H and O–H groups in total. The molecule has 6 nitrogen and oxygen atoms in total. The van der Waals surface area contributed by atoms with Crippen LogP contribution in [0.25, 0.3) is 0 Å². The predicted octanol–water partition coefficient (Wildman–Crippen LogP) is 3.96. The number of para-hydroxylation sites is 1. The Morgan fingerprint density at radius 2 is 1.83 bits per heavy atom. The average molecular weight is 450 g/mol. The molecule has 0 amide bonds. The Labute approximate surface area is 169 Å². The molecule has 2 aromatic carbocycles. The lowest BCUT2D eigenvalue weighted by atomic mass is 9.84. The fourth-order valence-corrected chi connectivity index (χ4v) is 4.37. The van der Waals surface area contributed by atoms with Gasteiger partial charge in [-0.25, -0.2) is 4.79 Å². The van der Waals surface area contributed by atoms with Gasteiger partial charge < -0.3 is 8.92 Å². The summed E-state index contributed by atoms with van der Waals surface area (Å²) in [5.41, 5.74) is -3.35. The average Bonchev–Trinajstić information content (AvgIpc) is 2.60. The minimum Gasteiger partial charge on any atom is -0.459 e. The predicted molar refractivity (Wildman–Crippen MR) is 97.8 cm³/mol. The van der Waals surface area contributed by atoms with Crippen molar-refractivity contribution < 1.29 is 35.3 Å². The SMILES string of the molecule is C[C@@H](C[C@]1(C(F)(F)F)NS(=O)(=O)Oc2ccccc21)OC(=O)c1ccc(Cl)cc1. The van der Waals surface area contributed by atoms with E-state index in [1.54, 1.807) is 4.72 Å². The van der Waals surface area contributed by atoms with Crippen LogP contribution in [0.4, 0.5) is 13.2 Å². The molecule has 11 heteroatoms. The highest BCUT2D eigenvalue weighted by atomic mass is 35.5. The Morgan fingerprint density at radius 3 is 2.45 bits per heavy atom. The van der Waals surface area contributed by atoms with Crippen LogP contribution in [0.2, 0.25) is 5.02 Å². The summed E-state index contributed by atoms with van der Waals surface area (Å²) in [5, 5.41) is 0.374. The number of carbonyl (C=O) groups is 1. The molecule has 2 aromatic rings. The zero-order valence-corrected chi connectivity index (χ0v) is 16.4. The van der Waals surface area contributed by atoms with Crippen LogP contribution in [-0.4, -0.2) is 26.7 Å². The van der Waals surface area contributed by atoms with Gasteiger partial charge in [0, 0.05) is 17.0 Å². The topological polar surface area (TPSA) is 81.7 Å². The molecule has 0 saturated heterocycles. The number of rotatable bonds is 4. The van der Waals surface area contributed by atoms with Crippen LogP contribution < -0.4 is 8.91 Å². The standard InChI is InChI=1S/C18H15ClF3NO5S/c1-11(27-16(24)12-6-8-13(19)9-7-12)10-17(18(20,21)22)14-4-2-3-5-15(14)28-29(25,26)23-17/h2-9,11,23H,10H2,1H3/t11-,17-/m0/s1. The number of alkyl halides is 3. The van der Waals surface area contributed by atoms with Gasteiger partial charge in [0.2, 0.25) is 0 Å². The fraction of sp³-hybridized carbons (Fsp3) is 0.278. The molecule has 0 aromatic heterocycles. The van der Waals surface area contributed by atoms with Gasteiger partial charge in [-0.05, 0) is 37.3 Å². The van der Waals surface area contributed by atoms with Crippen molar-refractivity contribution >= 4 is 27.9 Å². The minimum atomic E-state index is -5.04. The van der Waals surface area contributed by atoms with Gasteiger partial charge in [0.05, 0.1) is 5.56 Å². The van der Waals surface area contributed by atoms with E-state index in [2.05, 4.69) is 4.18 Å². The molecule has 0 saturated carbocycles. The Kier molecular flexibility index (Phi) is 5.54. The van der Waals surface area contributed by atoms with Gasteiger partial charge in [-0.2, -0.15) is 26.3 Å². The summed E-state index contributed by atoms with van der Waals surface area (Å²) < 4.78 is 77.7. The first-order valence-electron chi connectivity index (χ1n) is 8.30. The van der Waals surface area contributed by atoms with Crippen LogP contribution in [-0.2, 0) is 20.6 Å². The number of ether oxygens (including phenoxy) is 1. The summed E-state index contributed by atoms with van der Waals surface area (Å²) in [6.45, 7) is 1.24. The third-order valence-corrected chi connectivity index (χ3v) is 5.56. The first-order chi connectivity index (χ1) is 13.4. The van der Waals surface area contributed by atoms with Crippen molar-refractivity contribution in [1.82, 2.24) is 4.72 Å². The Bertz CT molecular complexity index is 1030. The van der Waals surface area contributed by atoms with Crippen LogP contribution in [0.1, 0.15) is 29.3 Å². The molecule has 0 bridgehead atoms. The van der Waals surface area contributed by atoms with Crippen molar-refractivity contribution in [1.29, 1.82) is 0 Å². The van der Waals surface area contributed by atoms with Crippen molar-refractivity contribution in [2.45, 2.75) is 31.2 Å². The molecule has 29 heavy (non-hydrogen) atoms. The van der Waals surface area contributed by atoms with E-state index in [-0.39, 0.29) is 5.56 Å². The summed E-state index contributed by atoms with van der Waals surface area (Å²) >= 11 is 5.74. The lowest BCUT2D eigenvalue weighted by Gasteiger charge is -2.41. The number of benzene rings is 2. The molecule has 0 unspecified atom stereocenters. The van der Waals surface area contributed by atoms with E-state index in [1.807, 2.05) is 0 Å². The van der Waals surface area contributed by atoms with Crippen molar-refractivity contribution in [3.63, 3.8) is 0 Å². The van der Waals surface area contributed by atoms with Crippen molar-refractivity contribution in [3.8, 4) is 5.75 Å². The third-order valence-electron chi connectivity index (χ3n) is 4.31. The Hall–Kier alpha value is -2.30. The molecule has 1 heterocycles. The molecule has 1 aliphatic rings. The van der Waals surface area contributed by atoms with Gasteiger partial charge in [-0.15, -0.1) is 0 Å². The Morgan fingerprint density at radius 1 is 1.21 bits per heavy atom. The number of nitrogens with one attached hydrogen (secondary N) is 1. The van der Waals surface area contributed by atoms with Gasteiger partial charge in [0.15, 0.2) is 5.54 Å². The molecular weight excluding hydrogens is 435 g/mol. The molecule has 0 spiro atoms. The van der Waals surface area contributed by atoms with E-state index in [9.17, 15) is 26.4 Å². The maximum Gasteiger partial charge on any atom is 0.412 e. The highest BCUT2D eigenvalue weighted by Crippen LogP contribution is 2.49. The van der Waals surface area contributed by atoms with E-state index in [0.717, 1.165) is 12.1 Å². The van der Waals surface area contributed by atoms with Crippen molar-refractivity contribution in [2.75, 3.05) is 0 Å². The number of carbonyl (C=O) groups excluding carboxylic acids is 1. The molecule has 0 fully saturated rings. The zero-order chi connectivity index (χ0) is 21.4. The molecule has 0 radical (unpaired) electrons. The summed E-state index contributed by atoms with van der Waals surface area (Å²) in [4.78, 5) is 12.2. The smallest absolute Gasteiger partial charge is 0.412 e. The molecule has 1 aliphatic heterocycles. The second-order valence-electron chi connectivity index (χ2n) is 6.47. The number of fused-ring (bicyclic) bond motifs is 1. The lowest BCUT2D eigenvalue weighted by Crippen LogP contribution is -2.60. The first kappa shape index (κ1) is 21.4. The summed E-state index contributed by atoms with van der Waals surface area (Å²) in [6.07, 6.45) is -7.23. The second-order valence-corrected chi connectivity index (χ2v) is 8.18. The highest BCUT2D eigenvalue weighted by Gasteiger charge is 2.62. The maximum absolute atomic E-state index is 14.1. The fourth-order valence-electron chi connectivity index (χ4n) is 3.09. The number of hydrogen-bond donors (Lipinski definition) is 1. The number of esters is 1. The van der Waals surface area contributed by atoms with E-state index in [1.165, 1.54) is 43.3 Å².